The Morgan fingerprint density at radius 3 is 2.46 bits per heavy atom. The molecule has 1 aliphatic carbocycles. The largest absolute Gasteiger partial charge is 0.479 e. The Kier molecular flexibility index (Phi) is 13.1. The van der Waals surface area contributed by atoms with E-state index in [1.54, 1.807) is 6.92 Å². The molecule has 1 amide bonds. The van der Waals surface area contributed by atoms with Crippen LogP contribution < -0.4 is 10.6 Å². The van der Waals surface area contributed by atoms with Crippen LogP contribution in [0, 0.1) is 23.7 Å². The standard InChI is InChI=1S/C29H43ClN2O5/c1-19(2)14-26(28(34)35)37-29(36)21(4)17-32-27(33)18-31-13-7-5-6-8-20(3)24-15-25(24)23-11-9-22(16-30)10-12-23/h5,7,9-12,19-21,24-26,31H,6,8,13-18H2,1-4H3,(H,32,33)(H,34,35). The number of amides is 1. The number of benzene rings is 1. The SMILES string of the molecule is CC(C)CC(OC(=O)C(C)CNC(=O)CNCC=CCCC(C)C1CC1c1ccc(CCl)cc1)C(=O)O. The zero-order valence-corrected chi connectivity index (χ0v) is 23.3. The lowest BCUT2D eigenvalue weighted by molar-refractivity contribution is -0.167. The summed E-state index contributed by atoms with van der Waals surface area (Å²) < 4.78 is 5.11. The van der Waals surface area contributed by atoms with Crippen molar-refractivity contribution in [3.8, 4) is 0 Å². The van der Waals surface area contributed by atoms with E-state index in [2.05, 4.69) is 47.9 Å². The highest BCUT2D eigenvalue weighted by molar-refractivity contribution is 6.17. The van der Waals surface area contributed by atoms with E-state index in [-0.39, 0.29) is 31.3 Å². The maximum atomic E-state index is 12.2. The van der Waals surface area contributed by atoms with Crippen molar-refractivity contribution in [2.45, 2.75) is 71.3 Å². The number of carboxylic acid groups (broad SMARTS) is 1. The van der Waals surface area contributed by atoms with Crippen LogP contribution in [0.1, 0.15) is 70.4 Å². The van der Waals surface area contributed by atoms with E-state index in [1.807, 2.05) is 19.9 Å². The van der Waals surface area contributed by atoms with Gasteiger partial charge in [-0.05, 0) is 60.5 Å². The number of alkyl halides is 1. The number of rotatable bonds is 17. The molecule has 5 unspecified atom stereocenters. The fourth-order valence-corrected chi connectivity index (χ4v) is 4.60. The average molecular weight is 535 g/mol. The van der Waals surface area contributed by atoms with E-state index in [9.17, 15) is 19.5 Å². The molecule has 0 heterocycles. The molecule has 8 heteroatoms. The third-order valence-electron chi connectivity index (χ3n) is 6.86. The molecule has 0 radical (unpaired) electrons. The second kappa shape index (κ2) is 15.8. The van der Waals surface area contributed by atoms with Gasteiger partial charge in [0.1, 0.15) is 0 Å². The number of halogens is 1. The Labute approximate surface area is 226 Å². The smallest absolute Gasteiger partial charge is 0.345 e. The Bertz CT molecular complexity index is 902. The molecule has 1 aromatic rings. The van der Waals surface area contributed by atoms with Crippen LogP contribution in [0.3, 0.4) is 0 Å². The van der Waals surface area contributed by atoms with Crippen LogP contribution in [-0.4, -0.2) is 48.7 Å². The minimum absolute atomic E-state index is 0.0863. The number of hydrogen-bond acceptors (Lipinski definition) is 5. The number of carboxylic acids is 1. The monoisotopic (exact) mass is 534 g/mol. The summed E-state index contributed by atoms with van der Waals surface area (Å²) in [5, 5.41) is 15.0. The van der Waals surface area contributed by atoms with Crippen LogP contribution in [0.5, 0.6) is 0 Å². The van der Waals surface area contributed by atoms with E-state index in [4.69, 9.17) is 16.3 Å². The first-order valence-electron chi connectivity index (χ1n) is 13.3. The van der Waals surface area contributed by atoms with Crippen LogP contribution >= 0.6 is 11.6 Å². The molecule has 3 N–H and O–H groups in total. The topological polar surface area (TPSA) is 105 Å². The molecule has 1 saturated carbocycles. The van der Waals surface area contributed by atoms with Crippen LogP contribution in [0.2, 0.25) is 0 Å². The highest BCUT2D eigenvalue weighted by atomic mass is 35.5. The van der Waals surface area contributed by atoms with Crippen molar-refractivity contribution in [1.29, 1.82) is 0 Å². The number of ether oxygens (including phenoxy) is 1. The first-order valence-corrected chi connectivity index (χ1v) is 13.9. The Hall–Kier alpha value is -2.38. The van der Waals surface area contributed by atoms with Crippen LogP contribution in [-0.2, 0) is 25.0 Å². The first-order chi connectivity index (χ1) is 17.6. The van der Waals surface area contributed by atoms with Gasteiger partial charge in [-0.25, -0.2) is 4.79 Å². The predicted molar refractivity (Wildman–Crippen MR) is 146 cm³/mol. The summed E-state index contributed by atoms with van der Waals surface area (Å²) in [4.78, 5) is 35.5. The molecule has 0 bridgehead atoms. The minimum atomic E-state index is -1.17. The fourth-order valence-electron chi connectivity index (χ4n) is 4.42. The summed E-state index contributed by atoms with van der Waals surface area (Å²) in [6.07, 6.45) is 6.69. The van der Waals surface area contributed by atoms with Crippen molar-refractivity contribution >= 4 is 29.4 Å². The summed E-state index contributed by atoms with van der Waals surface area (Å²) in [5.74, 6) is 0.105. The van der Waals surface area contributed by atoms with Crippen molar-refractivity contribution < 1.29 is 24.2 Å². The average Bonchev–Trinajstić information content (AvgIpc) is 3.67. The third-order valence-corrected chi connectivity index (χ3v) is 7.17. The van der Waals surface area contributed by atoms with Gasteiger partial charge in [0.2, 0.25) is 5.91 Å². The zero-order valence-electron chi connectivity index (χ0n) is 22.5. The third kappa shape index (κ3) is 11.3. The Morgan fingerprint density at radius 2 is 1.84 bits per heavy atom. The van der Waals surface area contributed by atoms with E-state index in [0.717, 1.165) is 24.3 Å². The number of carbonyl (C=O) groups is 3. The van der Waals surface area contributed by atoms with Gasteiger partial charge in [-0.15, -0.1) is 11.6 Å². The molecule has 0 spiro atoms. The lowest BCUT2D eigenvalue weighted by Gasteiger charge is -2.18. The van der Waals surface area contributed by atoms with Crippen molar-refractivity contribution in [2.24, 2.45) is 23.7 Å². The molecule has 206 valence electrons. The van der Waals surface area contributed by atoms with E-state index < -0.39 is 24.0 Å². The van der Waals surface area contributed by atoms with Crippen LogP contribution in [0.15, 0.2) is 36.4 Å². The number of hydrogen-bond donors (Lipinski definition) is 3. The van der Waals surface area contributed by atoms with Crippen molar-refractivity contribution in [1.82, 2.24) is 10.6 Å². The van der Waals surface area contributed by atoms with Gasteiger partial charge in [-0.2, -0.15) is 0 Å². The molecule has 1 aliphatic rings. The van der Waals surface area contributed by atoms with Gasteiger partial charge in [0.15, 0.2) is 6.10 Å². The van der Waals surface area contributed by atoms with Crippen molar-refractivity contribution in [2.75, 3.05) is 19.6 Å². The first kappa shape index (κ1) is 30.8. The molecule has 0 saturated heterocycles. The van der Waals surface area contributed by atoms with Gasteiger partial charge in [0, 0.05) is 19.0 Å². The summed E-state index contributed by atoms with van der Waals surface area (Å²) >= 11 is 5.88. The summed E-state index contributed by atoms with van der Waals surface area (Å²) in [6, 6.07) is 8.67. The van der Waals surface area contributed by atoms with Gasteiger partial charge in [-0.3, -0.25) is 9.59 Å². The quantitative estimate of drug-likeness (QED) is 0.114. The second-order valence-corrected chi connectivity index (χ2v) is 10.9. The highest BCUT2D eigenvalue weighted by Gasteiger charge is 2.41. The molecule has 0 aromatic heterocycles. The molecule has 5 atom stereocenters. The molecular weight excluding hydrogens is 492 g/mol. The Balaban J connectivity index is 1.55. The maximum absolute atomic E-state index is 12.2. The zero-order chi connectivity index (χ0) is 27.4. The lowest BCUT2D eigenvalue weighted by Crippen LogP contribution is -2.39. The molecule has 2 rings (SSSR count). The Morgan fingerprint density at radius 1 is 1.14 bits per heavy atom. The van der Waals surface area contributed by atoms with Crippen molar-refractivity contribution in [3.05, 3.63) is 47.5 Å². The normalized spacial score (nSPS) is 19.4. The summed E-state index contributed by atoms with van der Waals surface area (Å²) in [6.45, 7) is 8.49. The molecule has 1 fully saturated rings. The summed E-state index contributed by atoms with van der Waals surface area (Å²) in [7, 11) is 0. The second-order valence-electron chi connectivity index (χ2n) is 10.6. The molecule has 0 aliphatic heterocycles. The number of allylic oxidation sites excluding steroid dienone is 1. The molecule has 1 aromatic carbocycles. The number of aliphatic carboxylic acids is 1. The minimum Gasteiger partial charge on any atom is -0.479 e. The van der Waals surface area contributed by atoms with Crippen LogP contribution in [0.25, 0.3) is 0 Å². The van der Waals surface area contributed by atoms with E-state index >= 15 is 0 Å². The number of carbonyl (C=O) groups excluding carboxylic acids is 2. The van der Waals surface area contributed by atoms with Gasteiger partial charge >= 0.3 is 11.9 Å². The van der Waals surface area contributed by atoms with Crippen LogP contribution in [0.4, 0.5) is 0 Å². The fraction of sp³-hybridized carbons (Fsp3) is 0.621. The maximum Gasteiger partial charge on any atom is 0.345 e. The lowest BCUT2D eigenvalue weighted by atomic mass is 9.96. The highest BCUT2D eigenvalue weighted by Crippen LogP contribution is 2.52. The molecular formula is C29H43ClN2O5. The van der Waals surface area contributed by atoms with Crippen molar-refractivity contribution in [3.63, 3.8) is 0 Å². The molecule has 7 nitrogen and oxygen atoms in total. The predicted octanol–water partition coefficient (Wildman–Crippen LogP) is 4.89. The number of nitrogens with one attached hydrogen (secondary N) is 2. The van der Waals surface area contributed by atoms with Gasteiger partial charge in [-0.1, -0.05) is 64.1 Å². The van der Waals surface area contributed by atoms with E-state index in [0.29, 0.717) is 24.3 Å². The van der Waals surface area contributed by atoms with Gasteiger partial charge in [0.25, 0.3) is 0 Å². The van der Waals surface area contributed by atoms with Gasteiger partial charge in [0.05, 0.1) is 12.5 Å². The number of esters is 1. The summed E-state index contributed by atoms with van der Waals surface area (Å²) in [5.41, 5.74) is 2.58. The van der Waals surface area contributed by atoms with Gasteiger partial charge < -0.3 is 20.5 Å². The van der Waals surface area contributed by atoms with E-state index in [1.165, 1.54) is 12.0 Å². The molecule has 37 heavy (non-hydrogen) atoms.